The van der Waals surface area contributed by atoms with Gasteiger partial charge in [-0.3, -0.25) is 9.59 Å². The van der Waals surface area contributed by atoms with E-state index in [1.165, 1.54) is 6.42 Å². The molecule has 1 aromatic heterocycles. The number of carbonyl (C=O) groups excluding carboxylic acids is 2. The van der Waals surface area contributed by atoms with Crippen molar-refractivity contribution in [3.8, 4) is 0 Å². The van der Waals surface area contributed by atoms with Crippen molar-refractivity contribution in [1.29, 1.82) is 0 Å². The van der Waals surface area contributed by atoms with Crippen molar-refractivity contribution in [2.24, 2.45) is 5.92 Å². The Kier molecular flexibility index (Phi) is 4.31. The standard InChI is InChI=1S/C15H21N3O3/c19-10-18-8-6-12(7-9-18)15-16-14(17-21-15)13(20)11-4-2-1-3-5-11/h10-12H,1-9H2. The molecule has 1 aliphatic heterocycles. The van der Waals surface area contributed by atoms with E-state index in [2.05, 4.69) is 10.1 Å². The molecule has 0 bridgehead atoms. The summed E-state index contributed by atoms with van der Waals surface area (Å²) in [6.45, 7) is 1.42. The van der Waals surface area contributed by atoms with Gasteiger partial charge in [0.25, 0.3) is 0 Å². The third-order valence-electron chi connectivity index (χ3n) is 4.67. The molecule has 0 N–H and O–H groups in total. The molecule has 6 heteroatoms. The fourth-order valence-corrected chi connectivity index (χ4v) is 3.30. The van der Waals surface area contributed by atoms with Gasteiger partial charge in [0.05, 0.1) is 0 Å². The number of hydrogen-bond acceptors (Lipinski definition) is 5. The number of amides is 1. The molecule has 1 aliphatic carbocycles. The van der Waals surface area contributed by atoms with E-state index in [1.807, 2.05) is 0 Å². The molecule has 0 radical (unpaired) electrons. The van der Waals surface area contributed by atoms with Crippen molar-refractivity contribution < 1.29 is 14.1 Å². The van der Waals surface area contributed by atoms with Crippen molar-refractivity contribution in [2.75, 3.05) is 13.1 Å². The van der Waals surface area contributed by atoms with Gasteiger partial charge in [0.15, 0.2) is 0 Å². The second-order valence-corrected chi connectivity index (χ2v) is 6.07. The SMILES string of the molecule is O=CN1CCC(c2nc(C(=O)C3CCCCC3)no2)CC1. The first-order valence-electron chi connectivity index (χ1n) is 7.85. The summed E-state index contributed by atoms with van der Waals surface area (Å²) in [5, 5.41) is 3.89. The average molecular weight is 291 g/mol. The first kappa shape index (κ1) is 14.2. The van der Waals surface area contributed by atoms with Crippen LogP contribution in [0.5, 0.6) is 0 Å². The van der Waals surface area contributed by atoms with Crippen LogP contribution in [-0.2, 0) is 4.79 Å². The maximum atomic E-state index is 12.4. The largest absolute Gasteiger partial charge is 0.345 e. The number of likely N-dealkylation sites (tertiary alicyclic amines) is 1. The van der Waals surface area contributed by atoms with Crippen molar-refractivity contribution in [3.05, 3.63) is 11.7 Å². The first-order chi connectivity index (χ1) is 10.3. The van der Waals surface area contributed by atoms with Crippen LogP contribution < -0.4 is 0 Å². The number of carbonyl (C=O) groups is 2. The van der Waals surface area contributed by atoms with Crippen molar-refractivity contribution in [3.63, 3.8) is 0 Å². The minimum atomic E-state index is 0.0371. The fourth-order valence-electron chi connectivity index (χ4n) is 3.30. The van der Waals surface area contributed by atoms with Gasteiger partial charge < -0.3 is 9.42 Å². The summed E-state index contributed by atoms with van der Waals surface area (Å²) in [5.41, 5.74) is 0. The van der Waals surface area contributed by atoms with Crippen LogP contribution >= 0.6 is 0 Å². The molecule has 0 spiro atoms. The average Bonchev–Trinajstić information content (AvgIpc) is 3.05. The molecule has 0 unspecified atom stereocenters. The minimum Gasteiger partial charge on any atom is -0.345 e. The van der Waals surface area contributed by atoms with Crippen LogP contribution in [0.15, 0.2) is 4.52 Å². The fraction of sp³-hybridized carbons (Fsp3) is 0.733. The monoisotopic (exact) mass is 291 g/mol. The molecular formula is C15H21N3O3. The molecule has 3 rings (SSSR count). The van der Waals surface area contributed by atoms with Crippen molar-refractivity contribution >= 4 is 12.2 Å². The van der Waals surface area contributed by atoms with Crippen molar-refractivity contribution in [1.82, 2.24) is 15.0 Å². The summed E-state index contributed by atoms with van der Waals surface area (Å²) >= 11 is 0. The number of piperidine rings is 1. The van der Waals surface area contributed by atoms with Crippen LogP contribution in [0.2, 0.25) is 0 Å². The van der Waals surface area contributed by atoms with E-state index in [9.17, 15) is 9.59 Å². The molecule has 0 atom stereocenters. The van der Waals surface area contributed by atoms with E-state index in [0.29, 0.717) is 19.0 Å². The molecule has 1 saturated carbocycles. The van der Waals surface area contributed by atoms with E-state index in [1.54, 1.807) is 4.90 Å². The Morgan fingerprint density at radius 1 is 1.14 bits per heavy atom. The van der Waals surface area contributed by atoms with Gasteiger partial charge in [0.2, 0.25) is 23.9 Å². The molecule has 6 nitrogen and oxygen atoms in total. The van der Waals surface area contributed by atoms with Gasteiger partial charge in [-0.2, -0.15) is 4.98 Å². The molecule has 114 valence electrons. The molecule has 1 amide bonds. The molecule has 2 aliphatic rings. The number of rotatable bonds is 4. The second-order valence-electron chi connectivity index (χ2n) is 6.07. The minimum absolute atomic E-state index is 0.0371. The van der Waals surface area contributed by atoms with Crippen LogP contribution in [0.4, 0.5) is 0 Å². The smallest absolute Gasteiger partial charge is 0.238 e. The van der Waals surface area contributed by atoms with Gasteiger partial charge in [-0.1, -0.05) is 24.4 Å². The topological polar surface area (TPSA) is 76.3 Å². The van der Waals surface area contributed by atoms with Gasteiger partial charge >= 0.3 is 0 Å². The first-order valence-corrected chi connectivity index (χ1v) is 7.85. The third-order valence-corrected chi connectivity index (χ3v) is 4.67. The van der Waals surface area contributed by atoms with Gasteiger partial charge in [-0.15, -0.1) is 0 Å². The summed E-state index contributed by atoms with van der Waals surface area (Å²) in [5.74, 6) is 1.08. The predicted molar refractivity (Wildman–Crippen MR) is 74.8 cm³/mol. The summed E-state index contributed by atoms with van der Waals surface area (Å²) in [7, 11) is 0. The zero-order chi connectivity index (χ0) is 14.7. The Bertz CT molecular complexity index is 500. The number of hydrogen-bond donors (Lipinski definition) is 0. The molecular weight excluding hydrogens is 270 g/mol. The Labute approximate surface area is 123 Å². The molecule has 1 aromatic rings. The third kappa shape index (κ3) is 3.14. The maximum absolute atomic E-state index is 12.4. The highest BCUT2D eigenvalue weighted by Gasteiger charge is 2.29. The van der Waals surface area contributed by atoms with Crippen LogP contribution in [0.25, 0.3) is 0 Å². The van der Waals surface area contributed by atoms with Gasteiger partial charge in [0, 0.05) is 24.9 Å². The van der Waals surface area contributed by atoms with Gasteiger partial charge in [-0.05, 0) is 25.7 Å². The summed E-state index contributed by atoms with van der Waals surface area (Å²) in [6, 6.07) is 0. The number of aromatic nitrogens is 2. The van der Waals surface area contributed by atoms with Crippen LogP contribution in [-0.4, -0.2) is 40.3 Å². The lowest BCUT2D eigenvalue weighted by molar-refractivity contribution is -0.119. The zero-order valence-corrected chi connectivity index (χ0v) is 12.2. The zero-order valence-electron chi connectivity index (χ0n) is 12.2. The number of nitrogens with zero attached hydrogens (tertiary/aromatic N) is 3. The lowest BCUT2D eigenvalue weighted by atomic mass is 9.86. The number of ketones is 1. The van der Waals surface area contributed by atoms with Crippen LogP contribution in [0.1, 0.15) is 67.4 Å². The van der Waals surface area contributed by atoms with Crippen LogP contribution in [0, 0.1) is 5.92 Å². The van der Waals surface area contributed by atoms with E-state index in [-0.39, 0.29) is 23.4 Å². The lowest BCUT2D eigenvalue weighted by Crippen LogP contribution is -2.31. The summed E-state index contributed by atoms with van der Waals surface area (Å²) in [4.78, 5) is 29.1. The predicted octanol–water partition coefficient (Wildman–Crippen LogP) is 2.17. The van der Waals surface area contributed by atoms with Crippen LogP contribution in [0.3, 0.4) is 0 Å². The number of Topliss-reactive ketones (excluding diaryl/α,β-unsaturated/α-hetero) is 1. The van der Waals surface area contributed by atoms with E-state index < -0.39 is 0 Å². The quantitative estimate of drug-likeness (QED) is 0.627. The van der Waals surface area contributed by atoms with Gasteiger partial charge in [0.1, 0.15) is 0 Å². The second kappa shape index (κ2) is 6.37. The highest BCUT2D eigenvalue weighted by molar-refractivity contribution is 5.94. The Morgan fingerprint density at radius 3 is 2.52 bits per heavy atom. The van der Waals surface area contributed by atoms with E-state index >= 15 is 0 Å². The Morgan fingerprint density at radius 2 is 1.86 bits per heavy atom. The molecule has 21 heavy (non-hydrogen) atoms. The maximum Gasteiger partial charge on any atom is 0.238 e. The summed E-state index contributed by atoms with van der Waals surface area (Å²) < 4.78 is 5.30. The van der Waals surface area contributed by atoms with Gasteiger partial charge in [-0.25, -0.2) is 0 Å². The summed E-state index contributed by atoms with van der Waals surface area (Å²) in [6.07, 6.45) is 7.85. The molecule has 0 aromatic carbocycles. The van der Waals surface area contributed by atoms with Crippen molar-refractivity contribution in [2.45, 2.75) is 50.9 Å². The van der Waals surface area contributed by atoms with E-state index in [0.717, 1.165) is 44.9 Å². The highest BCUT2D eigenvalue weighted by atomic mass is 16.5. The molecule has 1 saturated heterocycles. The Balaban J connectivity index is 1.63. The highest BCUT2D eigenvalue weighted by Crippen LogP contribution is 2.29. The Hall–Kier alpha value is -1.72. The molecule has 2 fully saturated rings. The molecule has 2 heterocycles. The normalized spacial score (nSPS) is 21.4. The van der Waals surface area contributed by atoms with E-state index in [4.69, 9.17) is 4.52 Å². The lowest BCUT2D eigenvalue weighted by Gasteiger charge is -2.26.